The average Bonchev–Trinajstić information content (AvgIpc) is 3.30. The van der Waals surface area contributed by atoms with Gasteiger partial charge in [0.25, 0.3) is 0 Å². The Kier molecular flexibility index (Phi) is 5.90. The van der Waals surface area contributed by atoms with Crippen molar-refractivity contribution in [3.8, 4) is 22.6 Å². The van der Waals surface area contributed by atoms with Crippen LogP contribution in [0.4, 0.5) is 0 Å². The largest absolute Gasteiger partial charge is 0.455 e. The fraction of sp³-hybridized carbons (Fsp3) is 0.0667. The number of aliphatic hydroxyl groups excluding tert-OH is 2. The van der Waals surface area contributed by atoms with Crippen molar-refractivity contribution >= 4 is 0 Å². The van der Waals surface area contributed by atoms with E-state index >= 15 is 0 Å². The van der Waals surface area contributed by atoms with Gasteiger partial charge < -0.3 is 14.6 Å². The maximum atomic E-state index is 11.6. The lowest BCUT2D eigenvalue weighted by Gasteiger charge is -2.18. The molecular formula is C30H24O3. The first kappa shape index (κ1) is 21.0. The fourth-order valence-corrected chi connectivity index (χ4v) is 4.21. The van der Waals surface area contributed by atoms with Crippen LogP contribution in [0, 0.1) is 0 Å². The zero-order valence-corrected chi connectivity index (χ0v) is 18.0. The fourth-order valence-electron chi connectivity index (χ4n) is 4.21. The van der Waals surface area contributed by atoms with Crippen molar-refractivity contribution in [2.45, 2.75) is 12.2 Å². The molecule has 162 valence electrons. The molecule has 0 aliphatic carbocycles. The first-order valence-electron chi connectivity index (χ1n) is 11.0. The van der Waals surface area contributed by atoms with E-state index in [1.165, 1.54) is 0 Å². The monoisotopic (exact) mass is 432 g/mol. The summed E-state index contributed by atoms with van der Waals surface area (Å²) in [5.74, 6) is 1.10. The van der Waals surface area contributed by atoms with Crippen molar-refractivity contribution in [2.24, 2.45) is 0 Å². The van der Waals surface area contributed by atoms with E-state index in [2.05, 4.69) is 0 Å². The molecule has 4 aromatic carbocycles. The van der Waals surface area contributed by atoms with Crippen LogP contribution in [0.3, 0.4) is 0 Å². The predicted molar refractivity (Wildman–Crippen MR) is 131 cm³/mol. The van der Waals surface area contributed by atoms with Gasteiger partial charge in [-0.05, 0) is 11.1 Å². The summed E-state index contributed by atoms with van der Waals surface area (Å²) in [7, 11) is 0. The molecule has 0 aliphatic rings. The minimum Gasteiger partial charge on any atom is -0.455 e. The molecule has 0 radical (unpaired) electrons. The van der Waals surface area contributed by atoms with Crippen molar-refractivity contribution in [1.29, 1.82) is 0 Å². The predicted octanol–water partition coefficient (Wildman–Crippen LogP) is 6.78. The summed E-state index contributed by atoms with van der Waals surface area (Å²) in [6.07, 6.45) is -1.95. The Morgan fingerprint density at radius 2 is 0.727 bits per heavy atom. The van der Waals surface area contributed by atoms with Gasteiger partial charge in [0, 0.05) is 22.3 Å². The van der Waals surface area contributed by atoms with Gasteiger partial charge in [-0.3, -0.25) is 0 Å². The molecule has 5 aromatic rings. The number of aliphatic hydroxyl groups is 2. The molecule has 0 aliphatic heterocycles. The summed E-state index contributed by atoms with van der Waals surface area (Å²) in [4.78, 5) is 0. The molecule has 2 atom stereocenters. The molecule has 0 fully saturated rings. The van der Waals surface area contributed by atoms with E-state index in [0.29, 0.717) is 22.6 Å². The van der Waals surface area contributed by atoms with E-state index in [1.807, 2.05) is 121 Å². The van der Waals surface area contributed by atoms with E-state index in [-0.39, 0.29) is 0 Å². The molecule has 2 N–H and O–H groups in total. The van der Waals surface area contributed by atoms with E-state index in [4.69, 9.17) is 4.42 Å². The third-order valence-electron chi connectivity index (χ3n) is 5.83. The van der Waals surface area contributed by atoms with Gasteiger partial charge >= 0.3 is 0 Å². The van der Waals surface area contributed by atoms with E-state index in [0.717, 1.165) is 22.3 Å². The molecule has 0 bridgehead atoms. The van der Waals surface area contributed by atoms with E-state index in [9.17, 15) is 10.2 Å². The molecule has 33 heavy (non-hydrogen) atoms. The number of furan rings is 1. The van der Waals surface area contributed by atoms with Gasteiger partial charge in [0.2, 0.25) is 0 Å². The Morgan fingerprint density at radius 1 is 0.424 bits per heavy atom. The molecular weight excluding hydrogens is 408 g/mol. The van der Waals surface area contributed by atoms with Crippen LogP contribution in [0.15, 0.2) is 126 Å². The number of hydrogen-bond acceptors (Lipinski definition) is 3. The van der Waals surface area contributed by atoms with Gasteiger partial charge in [0.1, 0.15) is 23.7 Å². The highest BCUT2D eigenvalue weighted by Crippen LogP contribution is 2.46. The van der Waals surface area contributed by atoms with Crippen LogP contribution in [-0.2, 0) is 0 Å². The highest BCUT2D eigenvalue weighted by atomic mass is 16.3. The van der Waals surface area contributed by atoms with Crippen LogP contribution >= 0.6 is 0 Å². The van der Waals surface area contributed by atoms with Crippen molar-refractivity contribution in [3.05, 3.63) is 144 Å². The average molecular weight is 433 g/mol. The lowest BCUT2D eigenvalue weighted by Crippen LogP contribution is -2.08. The molecule has 1 heterocycles. The molecule has 0 spiro atoms. The molecule has 1 aromatic heterocycles. The smallest absolute Gasteiger partial charge is 0.141 e. The summed E-state index contributed by atoms with van der Waals surface area (Å²) in [5, 5.41) is 23.2. The first-order chi connectivity index (χ1) is 16.2. The maximum absolute atomic E-state index is 11.6. The van der Waals surface area contributed by atoms with Gasteiger partial charge in [-0.25, -0.2) is 0 Å². The van der Waals surface area contributed by atoms with Gasteiger partial charge in [0.05, 0.1) is 0 Å². The molecule has 0 saturated heterocycles. The van der Waals surface area contributed by atoms with Crippen molar-refractivity contribution in [2.75, 3.05) is 0 Å². The van der Waals surface area contributed by atoms with Crippen LogP contribution in [0.1, 0.15) is 34.5 Å². The summed E-state index contributed by atoms with van der Waals surface area (Å²) in [6, 6.07) is 38.4. The molecule has 5 rings (SSSR count). The minimum atomic E-state index is -0.976. The van der Waals surface area contributed by atoms with Crippen LogP contribution in [0.5, 0.6) is 0 Å². The van der Waals surface area contributed by atoms with Crippen LogP contribution in [0.25, 0.3) is 22.6 Å². The molecule has 0 amide bonds. The lowest BCUT2D eigenvalue weighted by atomic mass is 9.89. The van der Waals surface area contributed by atoms with Gasteiger partial charge in [-0.1, -0.05) is 121 Å². The summed E-state index contributed by atoms with van der Waals surface area (Å²) >= 11 is 0. The second-order valence-electron chi connectivity index (χ2n) is 7.95. The quantitative estimate of drug-likeness (QED) is 0.311. The zero-order chi connectivity index (χ0) is 22.6. The van der Waals surface area contributed by atoms with Crippen molar-refractivity contribution in [1.82, 2.24) is 0 Å². The Morgan fingerprint density at radius 3 is 1.06 bits per heavy atom. The Bertz CT molecular complexity index is 1210. The molecule has 0 unspecified atom stereocenters. The SMILES string of the molecule is O[C@H](c1ccccc1)c1c(-c2ccccc2)oc(-c2ccccc2)c1[C@@H](O)c1ccccc1. The first-order valence-corrected chi connectivity index (χ1v) is 11.0. The van der Waals surface area contributed by atoms with Gasteiger partial charge in [-0.15, -0.1) is 0 Å². The van der Waals surface area contributed by atoms with E-state index < -0.39 is 12.2 Å². The van der Waals surface area contributed by atoms with Gasteiger partial charge in [0.15, 0.2) is 0 Å². The van der Waals surface area contributed by atoms with Crippen molar-refractivity contribution < 1.29 is 14.6 Å². The Labute approximate surface area is 193 Å². The van der Waals surface area contributed by atoms with Gasteiger partial charge in [-0.2, -0.15) is 0 Å². The zero-order valence-electron chi connectivity index (χ0n) is 18.0. The third-order valence-corrected chi connectivity index (χ3v) is 5.83. The lowest BCUT2D eigenvalue weighted by molar-refractivity contribution is 0.198. The number of benzene rings is 4. The second kappa shape index (κ2) is 9.29. The number of hydrogen-bond donors (Lipinski definition) is 2. The molecule has 3 heteroatoms. The van der Waals surface area contributed by atoms with Crippen LogP contribution in [0.2, 0.25) is 0 Å². The van der Waals surface area contributed by atoms with E-state index in [1.54, 1.807) is 0 Å². The summed E-state index contributed by atoms with van der Waals surface area (Å²) in [5.41, 5.74) is 4.29. The molecule has 3 nitrogen and oxygen atoms in total. The maximum Gasteiger partial charge on any atom is 0.141 e. The molecule has 0 saturated carbocycles. The Balaban J connectivity index is 1.81. The second-order valence-corrected chi connectivity index (χ2v) is 7.95. The minimum absolute atomic E-state index is 0.552. The standard InChI is InChI=1S/C30H24O3/c31-27(21-13-5-1-6-14-21)25-26(28(32)22-15-7-2-8-16-22)30(24-19-11-4-12-20-24)33-29(25)23-17-9-3-10-18-23/h1-20,27-28,31-32H/t27-,28+. The normalized spacial score (nSPS) is 12.9. The van der Waals surface area contributed by atoms with Crippen LogP contribution in [-0.4, -0.2) is 10.2 Å². The summed E-state index contributed by atoms with van der Waals surface area (Å²) < 4.78 is 6.48. The Hall–Kier alpha value is -3.92. The highest BCUT2D eigenvalue weighted by Gasteiger charge is 2.32. The van der Waals surface area contributed by atoms with Crippen molar-refractivity contribution in [3.63, 3.8) is 0 Å². The topological polar surface area (TPSA) is 53.6 Å². The third kappa shape index (κ3) is 4.12. The highest BCUT2D eigenvalue weighted by molar-refractivity contribution is 5.75. The number of rotatable bonds is 6. The summed E-state index contributed by atoms with van der Waals surface area (Å²) in [6.45, 7) is 0. The van der Waals surface area contributed by atoms with Crippen LogP contribution < -0.4 is 0 Å².